The number of rotatable bonds is 1. The summed E-state index contributed by atoms with van der Waals surface area (Å²) in [5, 5.41) is 9.08. The van der Waals surface area contributed by atoms with Crippen LogP contribution in [0.25, 0.3) is 0 Å². The smallest absolute Gasteiger partial charge is 0.101 e. The van der Waals surface area contributed by atoms with Gasteiger partial charge in [0.1, 0.15) is 6.07 Å². The molecule has 0 aliphatic carbocycles. The Labute approximate surface area is 104 Å². The van der Waals surface area contributed by atoms with Gasteiger partial charge in [-0.25, -0.2) is 0 Å². The Morgan fingerprint density at radius 3 is 3.00 bits per heavy atom. The maximum absolute atomic E-state index is 9.08. The van der Waals surface area contributed by atoms with Gasteiger partial charge in [0, 0.05) is 23.6 Å². The SMILES string of the molecule is N#Cc1ccc(Br)cc1N1CCC[C@@H](N)C1. The van der Waals surface area contributed by atoms with Crippen LogP contribution >= 0.6 is 15.9 Å². The molecule has 1 aliphatic heterocycles. The fraction of sp³-hybridized carbons (Fsp3) is 0.417. The third kappa shape index (κ3) is 2.37. The maximum atomic E-state index is 9.08. The second-order valence-electron chi connectivity index (χ2n) is 4.12. The van der Waals surface area contributed by atoms with Crippen molar-refractivity contribution in [3.63, 3.8) is 0 Å². The lowest BCUT2D eigenvalue weighted by atomic mass is 10.0. The molecule has 0 aromatic heterocycles. The number of anilines is 1. The van der Waals surface area contributed by atoms with Crippen molar-refractivity contribution in [1.82, 2.24) is 0 Å². The number of nitriles is 1. The minimum absolute atomic E-state index is 0.222. The summed E-state index contributed by atoms with van der Waals surface area (Å²) in [5.41, 5.74) is 7.67. The van der Waals surface area contributed by atoms with Gasteiger partial charge in [-0.05, 0) is 31.0 Å². The van der Waals surface area contributed by atoms with Crippen molar-refractivity contribution in [1.29, 1.82) is 5.26 Å². The minimum Gasteiger partial charge on any atom is -0.369 e. The quantitative estimate of drug-likeness (QED) is 0.858. The number of halogens is 1. The van der Waals surface area contributed by atoms with E-state index < -0.39 is 0 Å². The van der Waals surface area contributed by atoms with Crippen molar-refractivity contribution in [2.75, 3.05) is 18.0 Å². The fourth-order valence-electron chi connectivity index (χ4n) is 2.09. The van der Waals surface area contributed by atoms with Gasteiger partial charge in [-0.2, -0.15) is 5.26 Å². The van der Waals surface area contributed by atoms with Crippen LogP contribution in [0, 0.1) is 11.3 Å². The van der Waals surface area contributed by atoms with Crippen molar-refractivity contribution in [2.24, 2.45) is 5.73 Å². The number of piperidine rings is 1. The minimum atomic E-state index is 0.222. The second kappa shape index (κ2) is 4.86. The van der Waals surface area contributed by atoms with Crippen LogP contribution in [-0.4, -0.2) is 19.1 Å². The molecule has 1 aromatic rings. The molecule has 0 unspecified atom stereocenters. The monoisotopic (exact) mass is 279 g/mol. The molecule has 1 fully saturated rings. The highest BCUT2D eigenvalue weighted by Crippen LogP contribution is 2.26. The average molecular weight is 280 g/mol. The van der Waals surface area contributed by atoms with Crippen LogP contribution in [0.2, 0.25) is 0 Å². The van der Waals surface area contributed by atoms with Gasteiger partial charge in [0.05, 0.1) is 11.3 Å². The molecule has 3 nitrogen and oxygen atoms in total. The predicted molar refractivity (Wildman–Crippen MR) is 68.3 cm³/mol. The number of hydrogen-bond acceptors (Lipinski definition) is 3. The Hall–Kier alpha value is -1.05. The first-order valence-corrected chi connectivity index (χ1v) is 6.20. The van der Waals surface area contributed by atoms with Crippen molar-refractivity contribution in [2.45, 2.75) is 18.9 Å². The third-order valence-electron chi connectivity index (χ3n) is 2.88. The van der Waals surface area contributed by atoms with E-state index in [-0.39, 0.29) is 6.04 Å². The van der Waals surface area contributed by atoms with Gasteiger partial charge in [-0.1, -0.05) is 15.9 Å². The average Bonchev–Trinajstić information content (AvgIpc) is 2.29. The van der Waals surface area contributed by atoms with Crippen molar-refractivity contribution < 1.29 is 0 Å². The van der Waals surface area contributed by atoms with Crippen LogP contribution in [0.4, 0.5) is 5.69 Å². The summed E-state index contributed by atoms with van der Waals surface area (Å²) < 4.78 is 1.00. The van der Waals surface area contributed by atoms with Gasteiger partial charge >= 0.3 is 0 Å². The largest absolute Gasteiger partial charge is 0.369 e. The third-order valence-corrected chi connectivity index (χ3v) is 3.37. The Morgan fingerprint density at radius 1 is 1.50 bits per heavy atom. The zero-order valence-electron chi connectivity index (χ0n) is 8.99. The normalized spacial score (nSPS) is 20.6. The van der Waals surface area contributed by atoms with E-state index in [1.54, 1.807) is 0 Å². The highest BCUT2D eigenvalue weighted by molar-refractivity contribution is 9.10. The first-order valence-electron chi connectivity index (χ1n) is 5.41. The van der Waals surface area contributed by atoms with Crippen LogP contribution < -0.4 is 10.6 Å². The van der Waals surface area contributed by atoms with Crippen LogP contribution in [0.5, 0.6) is 0 Å². The molecule has 2 N–H and O–H groups in total. The molecule has 0 bridgehead atoms. The molecule has 4 heteroatoms. The molecule has 84 valence electrons. The summed E-state index contributed by atoms with van der Waals surface area (Å²) in [6.07, 6.45) is 2.17. The molecule has 0 spiro atoms. The highest BCUT2D eigenvalue weighted by Gasteiger charge is 2.19. The summed E-state index contributed by atoms with van der Waals surface area (Å²) in [7, 11) is 0. The van der Waals surface area contributed by atoms with Gasteiger partial charge in [-0.3, -0.25) is 0 Å². The van der Waals surface area contributed by atoms with Crippen LogP contribution in [0.15, 0.2) is 22.7 Å². The number of hydrogen-bond donors (Lipinski definition) is 1. The first kappa shape index (κ1) is 11.4. The zero-order valence-corrected chi connectivity index (χ0v) is 10.6. The summed E-state index contributed by atoms with van der Waals surface area (Å²) in [6.45, 7) is 1.82. The van der Waals surface area contributed by atoms with Crippen LogP contribution in [0.3, 0.4) is 0 Å². The number of benzene rings is 1. The molecular weight excluding hydrogens is 266 g/mol. The van der Waals surface area contributed by atoms with Gasteiger partial charge in [-0.15, -0.1) is 0 Å². The van der Waals surface area contributed by atoms with Gasteiger partial charge in [0.25, 0.3) is 0 Å². The van der Waals surface area contributed by atoms with Gasteiger partial charge in [0.15, 0.2) is 0 Å². The lowest BCUT2D eigenvalue weighted by molar-refractivity contribution is 0.506. The maximum Gasteiger partial charge on any atom is 0.101 e. The molecule has 0 radical (unpaired) electrons. The highest BCUT2D eigenvalue weighted by atomic mass is 79.9. The van der Waals surface area contributed by atoms with Crippen molar-refractivity contribution in [3.05, 3.63) is 28.2 Å². The Kier molecular flexibility index (Phi) is 3.47. The molecule has 1 aromatic carbocycles. The lowest BCUT2D eigenvalue weighted by Gasteiger charge is -2.33. The number of nitrogens with zero attached hydrogens (tertiary/aromatic N) is 2. The molecule has 0 amide bonds. The first-order chi connectivity index (χ1) is 7.70. The summed E-state index contributed by atoms with van der Waals surface area (Å²) in [4.78, 5) is 2.21. The fourth-order valence-corrected chi connectivity index (χ4v) is 2.44. The standard InChI is InChI=1S/C12H14BrN3/c13-10-4-3-9(7-14)12(6-10)16-5-1-2-11(15)8-16/h3-4,6,11H,1-2,5,8,15H2/t11-/m1/s1. The molecule has 1 saturated heterocycles. The van der Waals surface area contributed by atoms with E-state index >= 15 is 0 Å². The van der Waals surface area contributed by atoms with E-state index in [1.807, 2.05) is 18.2 Å². The Balaban J connectivity index is 2.31. The lowest BCUT2D eigenvalue weighted by Crippen LogP contribution is -2.43. The molecular formula is C12H14BrN3. The van der Waals surface area contributed by atoms with E-state index in [0.29, 0.717) is 0 Å². The molecule has 2 rings (SSSR count). The molecule has 1 aliphatic rings. The topological polar surface area (TPSA) is 53.0 Å². The van der Waals surface area contributed by atoms with Crippen LogP contribution in [-0.2, 0) is 0 Å². The second-order valence-corrected chi connectivity index (χ2v) is 5.04. The molecule has 1 atom stereocenters. The molecule has 1 heterocycles. The Bertz CT molecular complexity index is 425. The summed E-state index contributed by atoms with van der Waals surface area (Å²) in [5.74, 6) is 0. The molecule has 16 heavy (non-hydrogen) atoms. The number of nitrogens with two attached hydrogens (primary N) is 1. The molecule has 0 saturated carbocycles. The summed E-state index contributed by atoms with van der Waals surface area (Å²) >= 11 is 3.44. The van der Waals surface area contributed by atoms with Crippen LogP contribution in [0.1, 0.15) is 18.4 Å². The zero-order chi connectivity index (χ0) is 11.5. The van der Waals surface area contributed by atoms with E-state index in [2.05, 4.69) is 26.9 Å². The summed E-state index contributed by atoms with van der Waals surface area (Å²) in [6, 6.07) is 8.19. The van der Waals surface area contributed by atoms with Gasteiger partial charge in [0.2, 0.25) is 0 Å². The Morgan fingerprint density at radius 2 is 2.31 bits per heavy atom. The predicted octanol–water partition coefficient (Wildman–Crippen LogP) is 2.25. The van der Waals surface area contributed by atoms with E-state index in [0.717, 1.165) is 41.7 Å². The van der Waals surface area contributed by atoms with Gasteiger partial charge < -0.3 is 10.6 Å². The van der Waals surface area contributed by atoms with E-state index in [9.17, 15) is 0 Å². The van der Waals surface area contributed by atoms with E-state index in [4.69, 9.17) is 11.0 Å². The van der Waals surface area contributed by atoms with E-state index in [1.165, 1.54) is 0 Å². The van der Waals surface area contributed by atoms with Crippen molar-refractivity contribution in [3.8, 4) is 6.07 Å². The van der Waals surface area contributed by atoms with Crippen molar-refractivity contribution >= 4 is 21.6 Å².